The van der Waals surface area contributed by atoms with E-state index in [0.717, 1.165) is 24.0 Å². The van der Waals surface area contributed by atoms with Crippen LogP contribution in [-0.4, -0.2) is 25.0 Å². The van der Waals surface area contributed by atoms with Crippen molar-refractivity contribution in [3.63, 3.8) is 0 Å². The van der Waals surface area contributed by atoms with E-state index in [1.54, 1.807) is 11.3 Å². The first-order chi connectivity index (χ1) is 8.01. The Kier molecular flexibility index (Phi) is 6.49. The summed E-state index contributed by atoms with van der Waals surface area (Å²) in [5.41, 5.74) is 5.82. The fourth-order valence-corrected chi connectivity index (χ4v) is 3.29. The molecule has 17 heavy (non-hydrogen) atoms. The maximum atomic E-state index is 5.93. The Morgan fingerprint density at radius 3 is 2.59 bits per heavy atom. The molecule has 0 spiro atoms. The van der Waals surface area contributed by atoms with Gasteiger partial charge >= 0.3 is 0 Å². The molecule has 98 valence electrons. The lowest BCUT2D eigenvalue weighted by molar-refractivity contribution is 0.251. The minimum atomic E-state index is 0.593. The zero-order valence-corrected chi connectivity index (χ0v) is 12.5. The molecule has 0 bridgehead atoms. The normalized spacial score (nSPS) is 13.6. The van der Waals surface area contributed by atoms with Gasteiger partial charge in [-0.25, -0.2) is 0 Å². The number of halogens is 1. The number of rotatable bonds is 7. The third-order valence-electron chi connectivity index (χ3n) is 2.76. The molecule has 4 heteroatoms. The molecule has 0 amide bonds. The molecule has 1 aromatic heterocycles. The lowest BCUT2D eigenvalue weighted by Crippen LogP contribution is -2.30. The first kappa shape index (κ1) is 15.0. The van der Waals surface area contributed by atoms with Gasteiger partial charge in [0.25, 0.3) is 0 Å². The van der Waals surface area contributed by atoms with Crippen molar-refractivity contribution in [1.29, 1.82) is 0 Å². The quantitative estimate of drug-likeness (QED) is 0.825. The highest BCUT2D eigenvalue weighted by Gasteiger charge is 2.12. The van der Waals surface area contributed by atoms with E-state index in [1.165, 1.54) is 11.3 Å². The van der Waals surface area contributed by atoms with Gasteiger partial charge in [0.2, 0.25) is 0 Å². The van der Waals surface area contributed by atoms with Crippen molar-refractivity contribution in [3.8, 4) is 0 Å². The SMILES string of the molecule is CC(C)CC(CN)CN(C)Cc1ccc(Cl)s1. The van der Waals surface area contributed by atoms with Crippen LogP contribution in [0.3, 0.4) is 0 Å². The van der Waals surface area contributed by atoms with Crippen LogP contribution in [-0.2, 0) is 6.54 Å². The molecule has 0 aromatic carbocycles. The molecule has 0 aliphatic heterocycles. The maximum Gasteiger partial charge on any atom is 0.0931 e. The molecule has 0 fully saturated rings. The summed E-state index contributed by atoms with van der Waals surface area (Å²) in [4.78, 5) is 3.65. The van der Waals surface area contributed by atoms with Crippen LogP contribution in [0, 0.1) is 11.8 Å². The van der Waals surface area contributed by atoms with Gasteiger partial charge in [-0.1, -0.05) is 25.4 Å². The van der Waals surface area contributed by atoms with Crippen molar-refractivity contribution in [1.82, 2.24) is 4.90 Å². The molecule has 0 radical (unpaired) electrons. The van der Waals surface area contributed by atoms with E-state index in [1.807, 2.05) is 6.07 Å². The van der Waals surface area contributed by atoms with Gasteiger partial charge in [0.1, 0.15) is 0 Å². The van der Waals surface area contributed by atoms with Crippen molar-refractivity contribution >= 4 is 22.9 Å². The molecule has 1 unspecified atom stereocenters. The van der Waals surface area contributed by atoms with Crippen LogP contribution in [0.25, 0.3) is 0 Å². The van der Waals surface area contributed by atoms with Gasteiger partial charge < -0.3 is 10.6 Å². The van der Waals surface area contributed by atoms with Crippen molar-refractivity contribution in [3.05, 3.63) is 21.3 Å². The second kappa shape index (κ2) is 7.37. The Labute approximate surface area is 114 Å². The van der Waals surface area contributed by atoms with Crippen molar-refractivity contribution in [2.75, 3.05) is 20.1 Å². The molecule has 1 aromatic rings. The van der Waals surface area contributed by atoms with Crippen LogP contribution in [0.2, 0.25) is 4.34 Å². The van der Waals surface area contributed by atoms with E-state index >= 15 is 0 Å². The van der Waals surface area contributed by atoms with Crippen LogP contribution >= 0.6 is 22.9 Å². The molecule has 0 aliphatic rings. The Hall–Kier alpha value is -0.0900. The predicted octanol–water partition coefficient (Wildman–Crippen LogP) is 3.45. The van der Waals surface area contributed by atoms with Gasteiger partial charge in [0, 0.05) is 18.0 Å². The summed E-state index contributed by atoms with van der Waals surface area (Å²) in [5, 5.41) is 0. The third kappa shape index (κ3) is 5.87. The summed E-state index contributed by atoms with van der Waals surface area (Å²) >= 11 is 7.58. The monoisotopic (exact) mass is 274 g/mol. The Balaban J connectivity index is 2.39. The minimum absolute atomic E-state index is 0.593. The molecule has 2 nitrogen and oxygen atoms in total. The number of nitrogens with zero attached hydrogens (tertiary/aromatic N) is 1. The van der Waals surface area contributed by atoms with Gasteiger partial charge in [-0.15, -0.1) is 11.3 Å². The van der Waals surface area contributed by atoms with E-state index in [0.29, 0.717) is 11.8 Å². The molecule has 1 atom stereocenters. The van der Waals surface area contributed by atoms with E-state index < -0.39 is 0 Å². The summed E-state index contributed by atoms with van der Waals surface area (Å²) in [7, 11) is 2.15. The Bertz CT molecular complexity index is 325. The van der Waals surface area contributed by atoms with Crippen LogP contribution in [0.15, 0.2) is 12.1 Å². The lowest BCUT2D eigenvalue weighted by atomic mass is 9.97. The standard InChI is InChI=1S/C13H23ClN2S/c1-10(2)6-11(7-15)8-16(3)9-12-4-5-13(14)17-12/h4-5,10-11H,6-9,15H2,1-3H3. The Morgan fingerprint density at radius 2 is 2.12 bits per heavy atom. The minimum Gasteiger partial charge on any atom is -0.330 e. The largest absolute Gasteiger partial charge is 0.330 e. The van der Waals surface area contributed by atoms with Gasteiger partial charge in [-0.3, -0.25) is 0 Å². The second-order valence-corrected chi connectivity index (χ2v) is 6.93. The van der Waals surface area contributed by atoms with Crippen LogP contribution in [0.5, 0.6) is 0 Å². The van der Waals surface area contributed by atoms with Crippen molar-refractivity contribution in [2.24, 2.45) is 17.6 Å². The third-order valence-corrected chi connectivity index (χ3v) is 3.98. The fraction of sp³-hybridized carbons (Fsp3) is 0.692. The number of hydrogen-bond donors (Lipinski definition) is 1. The molecular weight excluding hydrogens is 252 g/mol. The first-order valence-electron chi connectivity index (χ1n) is 6.14. The van der Waals surface area contributed by atoms with Crippen LogP contribution in [0.1, 0.15) is 25.1 Å². The zero-order chi connectivity index (χ0) is 12.8. The average molecular weight is 275 g/mol. The van der Waals surface area contributed by atoms with E-state index in [2.05, 4.69) is 31.9 Å². The van der Waals surface area contributed by atoms with Crippen molar-refractivity contribution < 1.29 is 0 Å². The Morgan fingerprint density at radius 1 is 1.41 bits per heavy atom. The smallest absolute Gasteiger partial charge is 0.0931 e. The molecule has 0 saturated heterocycles. The van der Waals surface area contributed by atoms with Gasteiger partial charge in [-0.2, -0.15) is 0 Å². The van der Waals surface area contributed by atoms with Crippen LogP contribution < -0.4 is 5.73 Å². The highest BCUT2D eigenvalue weighted by atomic mass is 35.5. The van der Waals surface area contributed by atoms with Gasteiger partial charge in [0.15, 0.2) is 0 Å². The van der Waals surface area contributed by atoms with Crippen molar-refractivity contribution in [2.45, 2.75) is 26.8 Å². The summed E-state index contributed by atoms with van der Waals surface area (Å²) in [6, 6.07) is 4.06. The summed E-state index contributed by atoms with van der Waals surface area (Å²) in [6.07, 6.45) is 1.20. The topological polar surface area (TPSA) is 29.3 Å². The van der Waals surface area contributed by atoms with E-state index in [4.69, 9.17) is 17.3 Å². The molecule has 1 heterocycles. The van der Waals surface area contributed by atoms with E-state index in [-0.39, 0.29) is 0 Å². The van der Waals surface area contributed by atoms with E-state index in [9.17, 15) is 0 Å². The summed E-state index contributed by atoms with van der Waals surface area (Å²) in [5.74, 6) is 1.31. The molecule has 1 rings (SSSR count). The second-order valence-electron chi connectivity index (χ2n) is 5.13. The van der Waals surface area contributed by atoms with Gasteiger partial charge in [-0.05, 0) is 44.0 Å². The predicted molar refractivity (Wildman–Crippen MR) is 77.7 cm³/mol. The molecule has 0 saturated carbocycles. The first-order valence-corrected chi connectivity index (χ1v) is 7.33. The van der Waals surface area contributed by atoms with Gasteiger partial charge in [0.05, 0.1) is 4.34 Å². The zero-order valence-electron chi connectivity index (χ0n) is 10.9. The number of thiophene rings is 1. The highest BCUT2D eigenvalue weighted by Crippen LogP contribution is 2.23. The number of hydrogen-bond acceptors (Lipinski definition) is 3. The molecule has 0 aliphatic carbocycles. The summed E-state index contributed by atoms with van der Waals surface area (Å²) in [6.45, 7) is 7.30. The van der Waals surface area contributed by atoms with Crippen LogP contribution in [0.4, 0.5) is 0 Å². The lowest BCUT2D eigenvalue weighted by Gasteiger charge is -2.23. The molecular formula is C13H23ClN2S. The summed E-state index contributed by atoms with van der Waals surface area (Å²) < 4.78 is 0.867. The fourth-order valence-electron chi connectivity index (χ4n) is 2.12. The highest BCUT2D eigenvalue weighted by molar-refractivity contribution is 7.16. The molecule has 2 N–H and O–H groups in total. The average Bonchev–Trinajstić information content (AvgIpc) is 2.62. The maximum absolute atomic E-state index is 5.93. The number of nitrogens with two attached hydrogens (primary N) is 1.